The molecule has 112 valence electrons. The second-order valence-electron chi connectivity index (χ2n) is 6.07. The Morgan fingerprint density at radius 3 is 2.55 bits per heavy atom. The maximum atomic E-state index is 12.2. The average Bonchev–Trinajstić information content (AvgIpc) is 2.29. The van der Waals surface area contributed by atoms with Gasteiger partial charge in [-0.3, -0.25) is 4.90 Å². The zero-order chi connectivity index (χ0) is 15.6. The molecule has 1 amide bonds. The van der Waals surface area contributed by atoms with Crippen LogP contribution in [0.15, 0.2) is 5.11 Å². The number of carboxylic acids is 1. The van der Waals surface area contributed by atoms with Crippen molar-refractivity contribution in [2.24, 2.45) is 5.11 Å². The highest BCUT2D eigenvalue weighted by molar-refractivity contribution is 5.84. The Balaban J connectivity index is 3.01. The Kier molecular flexibility index (Phi) is 4.50. The Morgan fingerprint density at radius 2 is 2.10 bits per heavy atom. The molecule has 2 atom stereocenters. The number of nitrogens with zero attached hydrogens (tertiary/aromatic N) is 4. The Bertz CT molecular complexity index is 453. The van der Waals surface area contributed by atoms with Crippen molar-refractivity contribution < 1.29 is 19.4 Å². The van der Waals surface area contributed by atoms with Crippen LogP contribution in [0.2, 0.25) is 0 Å². The Morgan fingerprint density at radius 1 is 1.50 bits per heavy atom. The number of carbonyl (C=O) groups is 2. The Hall–Kier alpha value is -1.95. The minimum Gasteiger partial charge on any atom is -0.480 e. The molecule has 0 bridgehead atoms. The van der Waals surface area contributed by atoms with Crippen molar-refractivity contribution in [1.29, 1.82) is 0 Å². The summed E-state index contributed by atoms with van der Waals surface area (Å²) in [6.07, 6.45) is -0.0718. The highest BCUT2D eigenvalue weighted by Crippen LogP contribution is 2.31. The van der Waals surface area contributed by atoms with Crippen molar-refractivity contribution in [3.8, 4) is 0 Å². The van der Waals surface area contributed by atoms with E-state index in [0.717, 1.165) is 4.90 Å². The van der Waals surface area contributed by atoms with Crippen LogP contribution in [-0.4, -0.2) is 45.8 Å². The van der Waals surface area contributed by atoms with E-state index in [-0.39, 0.29) is 13.0 Å². The summed E-state index contributed by atoms with van der Waals surface area (Å²) in [6.45, 7) is 6.64. The van der Waals surface area contributed by atoms with E-state index < -0.39 is 29.2 Å². The lowest BCUT2D eigenvalue weighted by atomic mass is 9.87. The minimum atomic E-state index is -1.34. The van der Waals surface area contributed by atoms with Crippen LogP contribution in [-0.2, 0) is 9.53 Å². The zero-order valence-corrected chi connectivity index (χ0v) is 12.2. The first-order chi connectivity index (χ1) is 9.10. The SMILES string of the molecule is CC(C)(C)OC(=O)N1C[C@H](N=[N+]=[N-])CC[C@@]1(C)C(=O)O. The normalized spacial score (nSPS) is 26.6. The van der Waals surface area contributed by atoms with Crippen molar-refractivity contribution >= 4 is 12.1 Å². The summed E-state index contributed by atoms with van der Waals surface area (Å²) in [7, 11) is 0. The number of hydrogen-bond donors (Lipinski definition) is 1. The van der Waals surface area contributed by atoms with Crippen molar-refractivity contribution in [2.45, 2.75) is 57.7 Å². The number of amides is 1. The molecule has 8 nitrogen and oxygen atoms in total. The van der Waals surface area contributed by atoms with Gasteiger partial charge in [0, 0.05) is 11.5 Å². The fourth-order valence-electron chi connectivity index (χ4n) is 2.07. The number of piperidine rings is 1. The van der Waals surface area contributed by atoms with E-state index in [1.54, 1.807) is 20.8 Å². The van der Waals surface area contributed by atoms with Gasteiger partial charge >= 0.3 is 12.1 Å². The molecule has 1 aliphatic heterocycles. The highest BCUT2D eigenvalue weighted by atomic mass is 16.6. The number of hydrogen-bond acceptors (Lipinski definition) is 4. The van der Waals surface area contributed by atoms with E-state index in [0.29, 0.717) is 6.42 Å². The molecule has 1 saturated heterocycles. The maximum absolute atomic E-state index is 12.2. The summed E-state index contributed by atoms with van der Waals surface area (Å²) >= 11 is 0. The van der Waals surface area contributed by atoms with E-state index in [1.807, 2.05) is 0 Å². The fraction of sp³-hybridized carbons (Fsp3) is 0.833. The molecule has 1 heterocycles. The standard InChI is InChI=1S/C12H20N4O4/c1-11(2,3)20-10(19)16-7-8(14-15-13)5-6-12(16,4)9(17)18/h8H,5-7H2,1-4H3,(H,17,18)/t8-,12+/m1/s1. The average molecular weight is 284 g/mol. The van der Waals surface area contributed by atoms with E-state index in [9.17, 15) is 14.7 Å². The molecular formula is C12H20N4O4. The second kappa shape index (κ2) is 5.58. The van der Waals surface area contributed by atoms with E-state index in [2.05, 4.69) is 10.0 Å². The summed E-state index contributed by atoms with van der Waals surface area (Å²) in [5.41, 5.74) is 6.41. The largest absolute Gasteiger partial charge is 0.480 e. The number of aliphatic carboxylic acids is 1. The van der Waals surface area contributed by atoms with Gasteiger partial charge in [0.2, 0.25) is 0 Å². The third-order valence-corrected chi connectivity index (χ3v) is 3.24. The van der Waals surface area contributed by atoms with Crippen LogP contribution in [0.25, 0.3) is 10.4 Å². The molecule has 1 N–H and O–H groups in total. The molecule has 0 aliphatic carbocycles. The predicted molar refractivity (Wildman–Crippen MR) is 71.1 cm³/mol. The first-order valence-electron chi connectivity index (χ1n) is 6.38. The zero-order valence-electron chi connectivity index (χ0n) is 12.2. The monoisotopic (exact) mass is 284 g/mol. The Labute approximate surface area is 117 Å². The van der Waals surface area contributed by atoms with Gasteiger partial charge < -0.3 is 9.84 Å². The summed E-state index contributed by atoms with van der Waals surface area (Å²) in [6, 6.07) is -0.431. The van der Waals surface area contributed by atoms with Crippen LogP contribution in [0, 0.1) is 0 Å². The number of ether oxygens (including phenoxy) is 1. The van der Waals surface area contributed by atoms with E-state index in [1.165, 1.54) is 6.92 Å². The quantitative estimate of drug-likeness (QED) is 0.476. The lowest BCUT2D eigenvalue weighted by Crippen LogP contribution is -2.60. The minimum absolute atomic E-state index is 0.0434. The first-order valence-corrected chi connectivity index (χ1v) is 6.38. The molecule has 1 aliphatic rings. The summed E-state index contributed by atoms with van der Waals surface area (Å²) < 4.78 is 5.24. The van der Waals surface area contributed by atoms with Crippen LogP contribution < -0.4 is 0 Å². The van der Waals surface area contributed by atoms with Gasteiger partial charge in [-0.2, -0.15) is 0 Å². The maximum Gasteiger partial charge on any atom is 0.411 e. The number of likely N-dealkylation sites (tertiary alicyclic amines) is 1. The van der Waals surface area contributed by atoms with Crippen molar-refractivity contribution in [2.75, 3.05) is 6.54 Å². The second-order valence-corrected chi connectivity index (χ2v) is 6.07. The highest BCUT2D eigenvalue weighted by Gasteiger charge is 2.47. The molecule has 8 heteroatoms. The van der Waals surface area contributed by atoms with Gasteiger partial charge in [0.05, 0.1) is 6.04 Å². The third-order valence-electron chi connectivity index (χ3n) is 3.24. The van der Waals surface area contributed by atoms with Crippen LogP contribution in [0.5, 0.6) is 0 Å². The van der Waals surface area contributed by atoms with Crippen molar-refractivity contribution in [3.05, 3.63) is 10.4 Å². The summed E-state index contributed by atoms with van der Waals surface area (Å²) in [4.78, 5) is 27.5. The lowest BCUT2D eigenvalue weighted by Gasteiger charge is -2.43. The smallest absolute Gasteiger partial charge is 0.411 e. The lowest BCUT2D eigenvalue weighted by molar-refractivity contribution is -0.152. The van der Waals surface area contributed by atoms with Crippen molar-refractivity contribution in [3.63, 3.8) is 0 Å². The molecule has 0 unspecified atom stereocenters. The van der Waals surface area contributed by atoms with Gasteiger partial charge in [-0.15, -0.1) is 0 Å². The first kappa shape index (κ1) is 16.1. The fourth-order valence-corrected chi connectivity index (χ4v) is 2.07. The van der Waals surface area contributed by atoms with Gasteiger partial charge in [0.1, 0.15) is 11.1 Å². The van der Waals surface area contributed by atoms with Gasteiger partial charge in [0.25, 0.3) is 0 Å². The van der Waals surface area contributed by atoms with Crippen LogP contribution >= 0.6 is 0 Å². The van der Waals surface area contributed by atoms with Gasteiger partial charge in [-0.1, -0.05) is 5.11 Å². The molecule has 1 fully saturated rings. The summed E-state index contributed by atoms with van der Waals surface area (Å²) in [5.74, 6) is -1.09. The molecule has 0 spiro atoms. The molecule has 0 aromatic heterocycles. The molecule has 0 aromatic rings. The van der Waals surface area contributed by atoms with E-state index in [4.69, 9.17) is 10.3 Å². The molecular weight excluding hydrogens is 264 g/mol. The number of carboxylic acid groups (broad SMARTS) is 1. The van der Waals surface area contributed by atoms with Crippen LogP contribution in [0.1, 0.15) is 40.5 Å². The molecule has 1 rings (SSSR count). The molecule has 0 radical (unpaired) electrons. The van der Waals surface area contributed by atoms with Gasteiger partial charge in [0.15, 0.2) is 0 Å². The van der Waals surface area contributed by atoms with Crippen LogP contribution in [0.3, 0.4) is 0 Å². The molecule has 0 aromatic carbocycles. The topological polar surface area (TPSA) is 116 Å². The third kappa shape index (κ3) is 3.54. The van der Waals surface area contributed by atoms with Crippen molar-refractivity contribution in [1.82, 2.24) is 4.90 Å². The van der Waals surface area contributed by atoms with Gasteiger partial charge in [-0.05, 0) is 46.1 Å². The number of azide groups is 1. The van der Waals surface area contributed by atoms with Crippen LogP contribution in [0.4, 0.5) is 4.79 Å². The number of carbonyl (C=O) groups excluding carboxylic acids is 1. The molecule has 0 saturated carbocycles. The van der Waals surface area contributed by atoms with Gasteiger partial charge in [-0.25, -0.2) is 9.59 Å². The summed E-state index contributed by atoms with van der Waals surface area (Å²) in [5, 5.41) is 13.0. The predicted octanol–water partition coefficient (Wildman–Crippen LogP) is 2.54. The molecule has 20 heavy (non-hydrogen) atoms. The van der Waals surface area contributed by atoms with E-state index >= 15 is 0 Å². The number of rotatable bonds is 2.